The van der Waals surface area contributed by atoms with Crippen LogP contribution >= 0.6 is 35.3 Å². The summed E-state index contributed by atoms with van der Waals surface area (Å²) in [5.74, 6) is 1.29. The molecule has 0 bridgehead atoms. The zero-order valence-corrected chi connectivity index (χ0v) is 18.3. The van der Waals surface area contributed by atoms with E-state index in [1.165, 1.54) is 4.88 Å². The van der Waals surface area contributed by atoms with Gasteiger partial charge in [0.15, 0.2) is 15.8 Å². The van der Waals surface area contributed by atoms with Crippen LogP contribution in [-0.2, 0) is 16.4 Å². The van der Waals surface area contributed by atoms with Gasteiger partial charge >= 0.3 is 0 Å². The molecule has 0 atom stereocenters. The van der Waals surface area contributed by atoms with Crippen molar-refractivity contribution in [2.75, 3.05) is 44.7 Å². The second-order valence-electron chi connectivity index (χ2n) is 5.59. The van der Waals surface area contributed by atoms with Crippen molar-refractivity contribution in [1.82, 2.24) is 20.5 Å². The average molecular weight is 487 g/mol. The van der Waals surface area contributed by atoms with Gasteiger partial charge in [0.05, 0.1) is 28.8 Å². The Bertz CT molecular complexity index is 646. The minimum Gasteiger partial charge on any atom is -0.355 e. The Hall–Kier alpha value is -0.460. The van der Waals surface area contributed by atoms with Crippen molar-refractivity contribution >= 4 is 51.1 Å². The van der Waals surface area contributed by atoms with Gasteiger partial charge in [-0.2, -0.15) is 0 Å². The highest BCUT2D eigenvalue weighted by Gasteiger charge is 2.20. The Morgan fingerprint density at radius 1 is 1.29 bits per heavy atom. The number of hydrogen-bond donors (Lipinski definition) is 2. The molecule has 138 valence electrons. The Morgan fingerprint density at radius 2 is 1.96 bits per heavy atom. The van der Waals surface area contributed by atoms with Gasteiger partial charge in [0.2, 0.25) is 0 Å². The predicted octanol–water partition coefficient (Wildman–Crippen LogP) is 0.773. The highest BCUT2D eigenvalue weighted by atomic mass is 127. The normalized spacial score (nSPS) is 18.0. The zero-order valence-electron chi connectivity index (χ0n) is 14.3. The molecule has 1 aromatic heterocycles. The molecule has 0 spiro atoms. The molecule has 1 aliphatic heterocycles. The van der Waals surface area contributed by atoms with E-state index in [0.29, 0.717) is 19.6 Å². The monoisotopic (exact) mass is 487 g/mol. The first kappa shape index (κ1) is 21.6. The van der Waals surface area contributed by atoms with E-state index >= 15 is 0 Å². The predicted molar refractivity (Wildman–Crippen MR) is 110 cm³/mol. The van der Waals surface area contributed by atoms with Crippen LogP contribution < -0.4 is 10.6 Å². The molecule has 24 heavy (non-hydrogen) atoms. The van der Waals surface area contributed by atoms with Crippen molar-refractivity contribution in [3.63, 3.8) is 0 Å². The van der Waals surface area contributed by atoms with E-state index in [1.807, 2.05) is 13.8 Å². The summed E-state index contributed by atoms with van der Waals surface area (Å²) >= 11 is 1.69. The molecule has 2 N–H and O–H groups in total. The molecule has 0 saturated carbocycles. The lowest BCUT2D eigenvalue weighted by Crippen LogP contribution is -2.45. The maximum Gasteiger partial charge on any atom is 0.191 e. The Kier molecular flexibility index (Phi) is 8.88. The molecule has 10 heteroatoms. The van der Waals surface area contributed by atoms with E-state index in [-0.39, 0.29) is 35.5 Å². The number of halogens is 1. The van der Waals surface area contributed by atoms with E-state index < -0.39 is 9.84 Å². The lowest BCUT2D eigenvalue weighted by molar-refractivity contribution is 0.299. The van der Waals surface area contributed by atoms with Crippen LogP contribution in [0.3, 0.4) is 0 Å². The smallest absolute Gasteiger partial charge is 0.191 e. The molecule has 0 amide bonds. The molecular formula is C14H26IN5O2S2. The quantitative estimate of drug-likeness (QED) is 0.363. The molecule has 1 aromatic rings. The topological polar surface area (TPSA) is 86.7 Å². The molecule has 7 nitrogen and oxygen atoms in total. The average Bonchev–Trinajstić information content (AvgIpc) is 2.82. The molecule has 0 unspecified atom stereocenters. The number of hydrogen-bond acceptors (Lipinski definition) is 6. The SMILES string of the molecule is CN=C(NCCN1CCS(=O)(=O)CC1)NCc1sc(C)nc1C.I. The molecular weight excluding hydrogens is 461 g/mol. The molecule has 1 saturated heterocycles. The standard InChI is InChI=1S/C14H25N5O2S2.HI/c1-11-13(22-12(2)18-11)10-17-14(15-3)16-4-5-19-6-8-23(20,21)9-7-19;/h4-10H2,1-3H3,(H2,15,16,17);1H. The molecule has 2 heterocycles. The van der Waals surface area contributed by atoms with Gasteiger partial charge in [0, 0.05) is 38.1 Å². The zero-order chi connectivity index (χ0) is 16.9. The number of guanidine groups is 1. The third kappa shape index (κ3) is 6.81. The number of nitrogens with zero attached hydrogens (tertiary/aromatic N) is 3. The summed E-state index contributed by atoms with van der Waals surface area (Å²) in [5.41, 5.74) is 1.06. The fourth-order valence-corrected chi connectivity index (χ4v) is 4.58. The van der Waals surface area contributed by atoms with Crippen LogP contribution in [0.25, 0.3) is 0 Å². The van der Waals surface area contributed by atoms with E-state index in [9.17, 15) is 8.42 Å². The lowest BCUT2D eigenvalue weighted by atomic mass is 10.4. The number of aryl methyl sites for hydroxylation is 2. The summed E-state index contributed by atoms with van der Waals surface area (Å²) in [6.45, 7) is 7.52. The summed E-state index contributed by atoms with van der Waals surface area (Å²) in [4.78, 5) is 12.0. The van der Waals surface area contributed by atoms with Gasteiger partial charge in [-0.15, -0.1) is 35.3 Å². The summed E-state index contributed by atoms with van der Waals surface area (Å²) in [6, 6.07) is 0. The van der Waals surface area contributed by atoms with Crippen molar-refractivity contribution in [3.05, 3.63) is 15.6 Å². The van der Waals surface area contributed by atoms with Crippen molar-refractivity contribution in [1.29, 1.82) is 0 Å². The summed E-state index contributed by atoms with van der Waals surface area (Å²) in [5, 5.41) is 7.62. The molecule has 0 aliphatic carbocycles. The van der Waals surface area contributed by atoms with Crippen LogP contribution in [0.2, 0.25) is 0 Å². The molecule has 1 fully saturated rings. The van der Waals surface area contributed by atoms with Gasteiger partial charge in [-0.25, -0.2) is 13.4 Å². The number of rotatable bonds is 5. The maximum absolute atomic E-state index is 11.4. The van der Waals surface area contributed by atoms with Crippen LogP contribution in [0.1, 0.15) is 15.6 Å². The number of sulfone groups is 1. The minimum absolute atomic E-state index is 0. The molecule has 1 aliphatic rings. The van der Waals surface area contributed by atoms with Gasteiger partial charge in [0.1, 0.15) is 0 Å². The fraction of sp³-hybridized carbons (Fsp3) is 0.714. The molecule has 0 radical (unpaired) electrons. The van der Waals surface area contributed by atoms with E-state index in [1.54, 1.807) is 18.4 Å². The van der Waals surface area contributed by atoms with Crippen molar-refractivity contribution in [3.8, 4) is 0 Å². The van der Waals surface area contributed by atoms with Crippen LogP contribution in [0, 0.1) is 13.8 Å². The van der Waals surface area contributed by atoms with Crippen molar-refractivity contribution < 1.29 is 8.42 Å². The van der Waals surface area contributed by atoms with Gasteiger partial charge in [-0.05, 0) is 13.8 Å². The van der Waals surface area contributed by atoms with Crippen LogP contribution in [0.4, 0.5) is 0 Å². The summed E-state index contributed by atoms with van der Waals surface area (Å²) in [7, 11) is -1.06. The number of nitrogens with one attached hydrogen (secondary N) is 2. The Labute approximate surface area is 165 Å². The third-order valence-electron chi connectivity index (χ3n) is 3.80. The summed E-state index contributed by atoms with van der Waals surface area (Å²) in [6.07, 6.45) is 0. The number of aromatic nitrogens is 1. The van der Waals surface area contributed by atoms with E-state index in [4.69, 9.17) is 0 Å². The highest BCUT2D eigenvalue weighted by Crippen LogP contribution is 2.16. The number of thiazole rings is 1. The van der Waals surface area contributed by atoms with Gasteiger partial charge in [-0.3, -0.25) is 9.89 Å². The second-order valence-corrected chi connectivity index (χ2v) is 9.18. The number of aliphatic imine (C=N–C) groups is 1. The molecule has 0 aromatic carbocycles. The van der Waals surface area contributed by atoms with Gasteiger partial charge in [-0.1, -0.05) is 0 Å². The largest absolute Gasteiger partial charge is 0.355 e. The second kappa shape index (κ2) is 9.88. The first-order valence-electron chi connectivity index (χ1n) is 7.70. The van der Waals surface area contributed by atoms with Crippen LogP contribution in [0.5, 0.6) is 0 Å². The van der Waals surface area contributed by atoms with Crippen molar-refractivity contribution in [2.45, 2.75) is 20.4 Å². The van der Waals surface area contributed by atoms with Gasteiger partial charge < -0.3 is 10.6 Å². The summed E-state index contributed by atoms with van der Waals surface area (Å²) < 4.78 is 22.8. The Balaban J connectivity index is 0.00000288. The van der Waals surface area contributed by atoms with E-state index in [2.05, 4.69) is 25.5 Å². The van der Waals surface area contributed by atoms with Crippen LogP contribution in [-0.4, -0.2) is 69.0 Å². The third-order valence-corrected chi connectivity index (χ3v) is 6.48. The van der Waals surface area contributed by atoms with Gasteiger partial charge in [0.25, 0.3) is 0 Å². The maximum atomic E-state index is 11.4. The minimum atomic E-state index is -2.81. The highest BCUT2D eigenvalue weighted by molar-refractivity contribution is 14.0. The first-order valence-corrected chi connectivity index (χ1v) is 10.3. The van der Waals surface area contributed by atoms with Crippen molar-refractivity contribution in [2.24, 2.45) is 4.99 Å². The Morgan fingerprint density at radius 3 is 2.50 bits per heavy atom. The molecule has 2 rings (SSSR count). The van der Waals surface area contributed by atoms with E-state index in [0.717, 1.165) is 29.8 Å². The fourth-order valence-electron chi connectivity index (χ4n) is 2.43. The first-order chi connectivity index (χ1) is 10.9. The van der Waals surface area contributed by atoms with Crippen LogP contribution in [0.15, 0.2) is 4.99 Å². The lowest BCUT2D eigenvalue weighted by Gasteiger charge is -2.26.